The molecule has 0 bridgehead atoms. The second kappa shape index (κ2) is 4.23. The van der Waals surface area contributed by atoms with E-state index in [1.165, 1.54) is 11.3 Å². The molecular weight excluding hydrogens is 248 g/mol. The molecule has 0 fully saturated rings. The van der Waals surface area contributed by atoms with Crippen molar-refractivity contribution < 1.29 is 4.63 Å². The number of aryl methyl sites for hydroxylation is 1. The minimum Gasteiger partial charge on any atom is -0.379 e. The van der Waals surface area contributed by atoms with Gasteiger partial charge in [0.25, 0.3) is 0 Å². The maximum atomic E-state index is 5.67. The number of hydrogen-bond donors (Lipinski definition) is 1. The minimum absolute atomic E-state index is 0.267. The summed E-state index contributed by atoms with van der Waals surface area (Å²) in [4.78, 5) is 5.67. The summed E-state index contributed by atoms with van der Waals surface area (Å²) in [6, 6.07) is 10.00. The third kappa shape index (κ3) is 1.76. The van der Waals surface area contributed by atoms with Gasteiger partial charge >= 0.3 is 0 Å². The number of hydrogen-bond acceptors (Lipinski definition) is 6. The van der Waals surface area contributed by atoms with Crippen LogP contribution in [0, 0.1) is 6.92 Å². The van der Waals surface area contributed by atoms with Gasteiger partial charge in [0.2, 0.25) is 0 Å². The smallest absolute Gasteiger partial charge is 0.198 e. The van der Waals surface area contributed by atoms with Crippen LogP contribution in [0.2, 0.25) is 0 Å². The SMILES string of the molecule is Cc1sc(-c2nonc2N)nc1-c1ccccc1. The Morgan fingerprint density at radius 3 is 2.56 bits per heavy atom. The van der Waals surface area contributed by atoms with Crippen LogP contribution in [-0.2, 0) is 0 Å². The number of nitrogens with zero attached hydrogens (tertiary/aromatic N) is 3. The molecule has 2 N–H and O–H groups in total. The molecule has 0 amide bonds. The van der Waals surface area contributed by atoms with Crippen LogP contribution < -0.4 is 5.73 Å². The molecule has 0 radical (unpaired) electrons. The first-order valence-electron chi connectivity index (χ1n) is 5.37. The average molecular weight is 258 g/mol. The predicted molar refractivity (Wildman–Crippen MR) is 70.0 cm³/mol. The van der Waals surface area contributed by atoms with E-state index in [9.17, 15) is 0 Å². The van der Waals surface area contributed by atoms with Crippen molar-refractivity contribution in [2.75, 3.05) is 5.73 Å². The normalized spacial score (nSPS) is 10.7. The van der Waals surface area contributed by atoms with Crippen LogP contribution in [0.1, 0.15) is 4.88 Å². The zero-order valence-corrected chi connectivity index (χ0v) is 10.4. The fourth-order valence-corrected chi connectivity index (χ4v) is 2.63. The highest BCUT2D eigenvalue weighted by atomic mass is 32.1. The zero-order valence-electron chi connectivity index (χ0n) is 9.62. The summed E-state index contributed by atoms with van der Waals surface area (Å²) in [5.41, 5.74) is 8.19. The molecule has 1 aromatic carbocycles. The Balaban J connectivity index is 2.10. The van der Waals surface area contributed by atoms with Gasteiger partial charge in [0.1, 0.15) is 5.01 Å². The second-order valence-corrected chi connectivity index (χ2v) is 4.99. The fraction of sp³-hybridized carbons (Fsp3) is 0.0833. The van der Waals surface area contributed by atoms with Crippen molar-refractivity contribution in [3.63, 3.8) is 0 Å². The van der Waals surface area contributed by atoms with Crippen LogP contribution in [-0.4, -0.2) is 15.3 Å². The topological polar surface area (TPSA) is 77.8 Å². The summed E-state index contributed by atoms with van der Waals surface area (Å²) in [5, 5.41) is 8.06. The molecule has 0 aliphatic rings. The summed E-state index contributed by atoms with van der Waals surface area (Å²) in [6.45, 7) is 2.02. The highest BCUT2D eigenvalue weighted by molar-refractivity contribution is 7.15. The minimum atomic E-state index is 0.267. The molecule has 0 atom stereocenters. The lowest BCUT2D eigenvalue weighted by Crippen LogP contribution is -1.88. The maximum Gasteiger partial charge on any atom is 0.198 e. The van der Waals surface area contributed by atoms with Gasteiger partial charge in [-0.05, 0) is 17.2 Å². The van der Waals surface area contributed by atoms with Crippen LogP contribution >= 0.6 is 11.3 Å². The van der Waals surface area contributed by atoms with Crippen molar-refractivity contribution in [1.82, 2.24) is 15.3 Å². The molecule has 0 aliphatic heterocycles. The van der Waals surface area contributed by atoms with Crippen LogP contribution in [0.5, 0.6) is 0 Å². The van der Waals surface area contributed by atoms with Crippen molar-refractivity contribution in [1.29, 1.82) is 0 Å². The van der Waals surface area contributed by atoms with Crippen LogP contribution in [0.4, 0.5) is 5.82 Å². The van der Waals surface area contributed by atoms with Gasteiger partial charge < -0.3 is 5.73 Å². The van der Waals surface area contributed by atoms with Crippen molar-refractivity contribution in [3.05, 3.63) is 35.2 Å². The summed E-state index contributed by atoms with van der Waals surface area (Å²) in [7, 11) is 0. The van der Waals surface area contributed by atoms with Gasteiger partial charge in [-0.2, -0.15) is 0 Å². The number of aromatic nitrogens is 3. The zero-order chi connectivity index (χ0) is 12.5. The average Bonchev–Trinajstić information content (AvgIpc) is 2.96. The predicted octanol–water partition coefficient (Wildman–Crippen LogP) is 2.75. The van der Waals surface area contributed by atoms with E-state index in [4.69, 9.17) is 5.73 Å². The molecule has 5 nitrogen and oxygen atoms in total. The number of anilines is 1. The lowest BCUT2D eigenvalue weighted by molar-refractivity contribution is 0.310. The van der Waals surface area contributed by atoms with Crippen LogP contribution in [0.3, 0.4) is 0 Å². The summed E-state index contributed by atoms with van der Waals surface area (Å²) >= 11 is 1.53. The molecule has 3 aromatic rings. The molecule has 6 heteroatoms. The van der Waals surface area contributed by atoms with Gasteiger partial charge in [0, 0.05) is 10.4 Å². The summed E-state index contributed by atoms with van der Waals surface area (Å²) < 4.78 is 4.60. The Labute approximate surface area is 107 Å². The Morgan fingerprint density at radius 1 is 1.11 bits per heavy atom. The lowest BCUT2D eigenvalue weighted by atomic mass is 10.1. The monoisotopic (exact) mass is 258 g/mol. The van der Waals surface area contributed by atoms with Crippen LogP contribution in [0.25, 0.3) is 22.0 Å². The van der Waals surface area contributed by atoms with Gasteiger partial charge in [-0.25, -0.2) is 9.61 Å². The van der Waals surface area contributed by atoms with Crippen molar-refractivity contribution in [3.8, 4) is 22.0 Å². The van der Waals surface area contributed by atoms with Crippen molar-refractivity contribution in [2.45, 2.75) is 6.92 Å². The molecule has 0 saturated heterocycles. The van der Waals surface area contributed by atoms with E-state index >= 15 is 0 Å². The Bertz CT molecular complexity index is 674. The van der Waals surface area contributed by atoms with E-state index in [-0.39, 0.29) is 5.82 Å². The van der Waals surface area contributed by atoms with Gasteiger partial charge in [-0.15, -0.1) is 11.3 Å². The molecule has 0 unspecified atom stereocenters. The molecule has 0 aliphatic carbocycles. The van der Waals surface area contributed by atoms with E-state index < -0.39 is 0 Å². The highest BCUT2D eigenvalue weighted by Crippen LogP contribution is 2.33. The number of thiazole rings is 1. The van der Waals surface area contributed by atoms with Gasteiger partial charge in [0.05, 0.1) is 5.69 Å². The Morgan fingerprint density at radius 2 is 1.89 bits per heavy atom. The standard InChI is InChI=1S/C12H10N4OS/c1-7-9(8-5-3-2-4-6-8)14-12(18-7)10-11(13)16-17-15-10/h2-6H,1H3,(H2,13,16). The number of nitrogen functional groups attached to an aromatic ring is 1. The third-order valence-corrected chi connectivity index (χ3v) is 3.54. The van der Waals surface area contributed by atoms with Gasteiger partial charge in [0.15, 0.2) is 11.5 Å². The van der Waals surface area contributed by atoms with E-state index in [1.807, 2.05) is 37.3 Å². The fourth-order valence-electron chi connectivity index (χ4n) is 1.71. The van der Waals surface area contributed by atoms with Crippen molar-refractivity contribution >= 4 is 17.2 Å². The third-order valence-electron chi connectivity index (χ3n) is 2.56. The molecule has 0 saturated carbocycles. The molecule has 90 valence electrons. The molecular formula is C12H10N4OS. The molecule has 2 aromatic heterocycles. The summed E-state index contributed by atoms with van der Waals surface area (Å²) in [5.74, 6) is 0.267. The molecule has 0 spiro atoms. The maximum absolute atomic E-state index is 5.67. The van der Waals surface area contributed by atoms with E-state index in [0.29, 0.717) is 5.69 Å². The number of nitrogens with two attached hydrogens (primary N) is 1. The molecule has 2 heterocycles. The van der Waals surface area contributed by atoms with Crippen LogP contribution in [0.15, 0.2) is 35.0 Å². The Kier molecular flexibility index (Phi) is 2.56. The van der Waals surface area contributed by atoms with E-state index in [2.05, 4.69) is 19.9 Å². The first-order valence-corrected chi connectivity index (χ1v) is 6.18. The second-order valence-electron chi connectivity index (χ2n) is 3.79. The highest BCUT2D eigenvalue weighted by Gasteiger charge is 2.16. The van der Waals surface area contributed by atoms with E-state index in [1.54, 1.807) is 0 Å². The lowest BCUT2D eigenvalue weighted by Gasteiger charge is -1.96. The quantitative estimate of drug-likeness (QED) is 0.764. The first kappa shape index (κ1) is 10.9. The van der Waals surface area contributed by atoms with Gasteiger partial charge in [-0.3, -0.25) is 0 Å². The van der Waals surface area contributed by atoms with E-state index in [0.717, 1.165) is 21.1 Å². The Hall–Kier alpha value is -2.21. The molecule has 3 rings (SSSR count). The number of benzene rings is 1. The van der Waals surface area contributed by atoms with Gasteiger partial charge in [-0.1, -0.05) is 30.3 Å². The summed E-state index contributed by atoms with van der Waals surface area (Å²) in [6.07, 6.45) is 0. The first-order chi connectivity index (χ1) is 8.75. The molecule has 18 heavy (non-hydrogen) atoms. The largest absolute Gasteiger partial charge is 0.379 e. The van der Waals surface area contributed by atoms with Crippen molar-refractivity contribution in [2.24, 2.45) is 0 Å². The number of rotatable bonds is 2.